The first-order valence-electron chi connectivity index (χ1n) is 6.24. The highest BCUT2D eigenvalue weighted by molar-refractivity contribution is 6.33. The number of nitrogens with zero attached hydrogens (tertiary/aromatic N) is 1. The molecule has 0 aliphatic rings. The molecule has 104 valence electrons. The quantitative estimate of drug-likeness (QED) is 0.654. The molecule has 2 aromatic rings. The Morgan fingerprint density at radius 3 is 2.70 bits per heavy atom. The summed E-state index contributed by atoms with van der Waals surface area (Å²) in [5.74, 6) is 0. The van der Waals surface area contributed by atoms with Gasteiger partial charge in [-0.1, -0.05) is 29.8 Å². The van der Waals surface area contributed by atoms with E-state index in [-0.39, 0.29) is 11.7 Å². The van der Waals surface area contributed by atoms with Gasteiger partial charge in [-0.3, -0.25) is 10.1 Å². The van der Waals surface area contributed by atoms with Crippen LogP contribution >= 0.6 is 11.6 Å². The van der Waals surface area contributed by atoms with Gasteiger partial charge in [0.2, 0.25) is 0 Å². The summed E-state index contributed by atoms with van der Waals surface area (Å²) in [6.45, 7) is 3.93. The average molecular weight is 291 g/mol. The Morgan fingerprint density at radius 1 is 1.25 bits per heavy atom. The van der Waals surface area contributed by atoms with E-state index in [9.17, 15) is 10.1 Å². The predicted molar refractivity (Wildman–Crippen MR) is 81.3 cm³/mol. The van der Waals surface area contributed by atoms with E-state index in [4.69, 9.17) is 11.6 Å². The van der Waals surface area contributed by atoms with Crippen LogP contribution in [0.15, 0.2) is 42.5 Å². The van der Waals surface area contributed by atoms with E-state index >= 15 is 0 Å². The zero-order chi connectivity index (χ0) is 14.7. The molecular formula is C15H15ClN2O2. The standard InChI is InChI=1S/C15H15ClN2O2/c1-10-6-7-14(16)15(8-10)17-11(2)12-4-3-5-13(9-12)18(19)20/h3-9,11,17H,1-2H3. The van der Waals surface area contributed by atoms with Gasteiger partial charge in [0.15, 0.2) is 0 Å². The number of nitro groups is 1. The molecule has 1 unspecified atom stereocenters. The highest BCUT2D eigenvalue weighted by Crippen LogP contribution is 2.28. The Morgan fingerprint density at radius 2 is 2.00 bits per heavy atom. The Hall–Kier alpha value is -2.07. The molecule has 2 aromatic carbocycles. The third-order valence-electron chi connectivity index (χ3n) is 3.07. The van der Waals surface area contributed by atoms with Crippen molar-refractivity contribution in [1.82, 2.24) is 0 Å². The molecule has 0 radical (unpaired) electrons. The third kappa shape index (κ3) is 3.27. The van der Waals surface area contributed by atoms with E-state index in [1.165, 1.54) is 6.07 Å². The van der Waals surface area contributed by atoms with Gasteiger partial charge in [0, 0.05) is 18.2 Å². The summed E-state index contributed by atoms with van der Waals surface area (Å²) in [7, 11) is 0. The van der Waals surface area contributed by atoms with Gasteiger partial charge in [-0.15, -0.1) is 0 Å². The van der Waals surface area contributed by atoms with E-state index in [1.54, 1.807) is 12.1 Å². The molecule has 0 bridgehead atoms. The fourth-order valence-electron chi connectivity index (χ4n) is 1.97. The number of benzene rings is 2. The molecule has 2 rings (SSSR count). The second kappa shape index (κ2) is 5.92. The van der Waals surface area contributed by atoms with Crippen LogP contribution in [0.5, 0.6) is 0 Å². The van der Waals surface area contributed by atoms with Gasteiger partial charge >= 0.3 is 0 Å². The van der Waals surface area contributed by atoms with Gasteiger partial charge in [-0.2, -0.15) is 0 Å². The van der Waals surface area contributed by atoms with Crippen LogP contribution in [0.25, 0.3) is 0 Å². The minimum absolute atomic E-state index is 0.0748. The monoisotopic (exact) mass is 290 g/mol. The number of nitrogens with one attached hydrogen (secondary N) is 1. The van der Waals surface area contributed by atoms with E-state index < -0.39 is 4.92 Å². The third-order valence-corrected chi connectivity index (χ3v) is 3.40. The Labute approximate surface area is 122 Å². The van der Waals surface area contributed by atoms with Crippen molar-refractivity contribution in [3.05, 3.63) is 68.7 Å². The highest BCUT2D eigenvalue weighted by atomic mass is 35.5. The lowest BCUT2D eigenvalue weighted by Crippen LogP contribution is -2.07. The van der Waals surface area contributed by atoms with E-state index in [1.807, 2.05) is 38.1 Å². The zero-order valence-electron chi connectivity index (χ0n) is 11.3. The molecule has 1 N–H and O–H groups in total. The summed E-state index contributed by atoms with van der Waals surface area (Å²) in [5.41, 5.74) is 2.86. The van der Waals surface area contributed by atoms with Crippen molar-refractivity contribution in [2.24, 2.45) is 0 Å². The van der Waals surface area contributed by atoms with Gasteiger partial charge in [0.25, 0.3) is 5.69 Å². The summed E-state index contributed by atoms with van der Waals surface area (Å²) >= 11 is 6.14. The number of nitro benzene ring substituents is 1. The lowest BCUT2D eigenvalue weighted by molar-refractivity contribution is -0.384. The first-order valence-corrected chi connectivity index (χ1v) is 6.62. The second-order valence-electron chi connectivity index (χ2n) is 4.70. The molecule has 0 saturated heterocycles. The molecule has 0 aliphatic heterocycles. The van der Waals surface area contributed by atoms with Crippen molar-refractivity contribution in [3.63, 3.8) is 0 Å². The number of aryl methyl sites for hydroxylation is 1. The van der Waals surface area contributed by atoms with Crippen LogP contribution in [-0.4, -0.2) is 4.92 Å². The minimum atomic E-state index is -0.393. The first-order chi connectivity index (χ1) is 9.47. The summed E-state index contributed by atoms with van der Waals surface area (Å²) in [5, 5.41) is 14.7. The van der Waals surface area contributed by atoms with Crippen LogP contribution in [0.1, 0.15) is 24.1 Å². The topological polar surface area (TPSA) is 55.2 Å². The van der Waals surface area contributed by atoms with Gasteiger partial charge in [-0.05, 0) is 37.1 Å². The van der Waals surface area contributed by atoms with Crippen molar-refractivity contribution in [2.45, 2.75) is 19.9 Å². The molecule has 1 atom stereocenters. The largest absolute Gasteiger partial charge is 0.377 e. The van der Waals surface area contributed by atoms with Gasteiger partial charge < -0.3 is 5.32 Å². The van der Waals surface area contributed by atoms with Crippen LogP contribution in [0.3, 0.4) is 0 Å². The Bertz CT molecular complexity index is 644. The lowest BCUT2D eigenvalue weighted by atomic mass is 10.1. The number of hydrogen-bond acceptors (Lipinski definition) is 3. The van der Waals surface area contributed by atoms with Crippen molar-refractivity contribution in [1.29, 1.82) is 0 Å². The van der Waals surface area contributed by atoms with Gasteiger partial charge in [-0.25, -0.2) is 0 Å². The maximum Gasteiger partial charge on any atom is 0.269 e. The summed E-state index contributed by atoms with van der Waals surface area (Å²) in [6.07, 6.45) is 0. The normalized spacial score (nSPS) is 11.9. The average Bonchev–Trinajstić information content (AvgIpc) is 2.43. The number of rotatable bonds is 4. The summed E-state index contributed by atoms with van der Waals surface area (Å²) in [4.78, 5) is 10.4. The van der Waals surface area contributed by atoms with E-state index in [0.29, 0.717) is 5.02 Å². The van der Waals surface area contributed by atoms with Crippen LogP contribution in [0.2, 0.25) is 5.02 Å². The van der Waals surface area contributed by atoms with Crippen LogP contribution < -0.4 is 5.32 Å². The SMILES string of the molecule is Cc1ccc(Cl)c(NC(C)c2cccc([N+](=O)[O-])c2)c1. The molecule has 0 aromatic heterocycles. The number of non-ortho nitro benzene ring substituents is 1. The van der Waals surface area contributed by atoms with Crippen molar-refractivity contribution in [2.75, 3.05) is 5.32 Å². The van der Waals surface area contributed by atoms with Crippen LogP contribution in [-0.2, 0) is 0 Å². The van der Waals surface area contributed by atoms with Gasteiger partial charge in [0.1, 0.15) is 0 Å². The van der Waals surface area contributed by atoms with Crippen molar-refractivity contribution in [3.8, 4) is 0 Å². The number of hydrogen-bond donors (Lipinski definition) is 1. The molecule has 0 spiro atoms. The molecule has 0 fully saturated rings. The predicted octanol–water partition coefficient (Wildman–Crippen LogP) is 4.73. The van der Waals surface area contributed by atoms with Gasteiger partial charge in [0.05, 0.1) is 15.6 Å². The molecule has 0 saturated carbocycles. The fraction of sp³-hybridized carbons (Fsp3) is 0.200. The Kier molecular flexibility index (Phi) is 4.25. The van der Waals surface area contributed by atoms with Crippen LogP contribution in [0, 0.1) is 17.0 Å². The lowest BCUT2D eigenvalue weighted by Gasteiger charge is -2.17. The smallest absolute Gasteiger partial charge is 0.269 e. The maximum absolute atomic E-state index is 10.8. The minimum Gasteiger partial charge on any atom is -0.377 e. The van der Waals surface area contributed by atoms with Crippen molar-refractivity contribution >= 4 is 23.0 Å². The molecule has 4 nitrogen and oxygen atoms in total. The Balaban J connectivity index is 2.23. The first kappa shape index (κ1) is 14.3. The van der Waals surface area contributed by atoms with Crippen LogP contribution in [0.4, 0.5) is 11.4 Å². The summed E-state index contributed by atoms with van der Waals surface area (Å²) < 4.78 is 0. The van der Waals surface area contributed by atoms with E-state index in [2.05, 4.69) is 5.32 Å². The molecule has 0 heterocycles. The van der Waals surface area contributed by atoms with E-state index in [0.717, 1.165) is 16.8 Å². The second-order valence-corrected chi connectivity index (χ2v) is 5.11. The number of anilines is 1. The molecule has 20 heavy (non-hydrogen) atoms. The maximum atomic E-state index is 10.8. The molecular weight excluding hydrogens is 276 g/mol. The molecule has 5 heteroatoms. The summed E-state index contributed by atoms with van der Waals surface area (Å²) in [6, 6.07) is 12.2. The van der Waals surface area contributed by atoms with Crippen molar-refractivity contribution < 1.29 is 4.92 Å². The molecule has 0 aliphatic carbocycles. The highest BCUT2D eigenvalue weighted by Gasteiger charge is 2.12. The molecule has 0 amide bonds. The zero-order valence-corrected chi connectivity index (χ0v) is 12.0. The number of halogens is 1. The fourth-order valence-corrected chi connectivity index (χ4v) is 2.15.